The Morgan fingerprint density at radius 2 is 2.12 bits per heavy atom. The number of alkyl halides is 2. The number of amides is 1. The first-order valence-electron chi connectivity index (χ1n) is 11.4. The molecule has 1 amide bonds. The highest BCUT2D eigenvalue weighted by molar-refractivity contribution is 5.94. The molecule has 2 N–H and O–H groups in total. The van der Waals surface area contributed by atoms with E-state index in [1.807, 2.05) is 52.0 Å². The number of rotatable bonds is 11. The Kier molecular flexibility index (Phi) is 9.45. The molecule has 1 fully saturated rings. The Bertz CT molecular complexity index is 1060. The van der Waals surface area contributed by atoms with Gasteiger partial charge in [0, 0.05) is 12.6 Å². The third-order valence-electron chi connectivity index (χ3n) is 5.63. The standard InChI is InChI=1S/C28H34F2N2O2/c1-7-10-12-21(23(9-3)19(5)13-20(6)25(33)11-8-2)15-22-17-31-26(14-18(22)4)32-27(34)24-16-28(24,29)30/h8-10,12-15,17,24-25,33H,2,6-7,11,16H2,1,3-5H3,(H,31,32,34)/b12-10+,19-13-,21-15+,23-9+. The quantitative estimate of drug-likeness (QED) is 0.280. The molecule has 4 nitrogen and oxygen atoms in total. The first-order valence-corrected chi connectivity index (χ1v) is 11.4. The number of aliphatic hydroxyl groups excluding tert-OH is 1. The lowest BCUT2D eigenvalue weighted by molar-refractivity contribution is -0.119. The van der Waals surface area contributed by atoms with Gasteiger partial charge in [0.2, 0.25) is 5.91 Å². The molecule has 1 heterocycles. The number of pyridine rings is 1. The summed E-state index contributed by atoms with van der Waals surface area (Å²) in [5.74, 6) is -4.64. The number of nitrogens with one attached hydrogen (secondary N) is 1. The Morgan fingerprint density at radius 3 is 2.65 bits per heavy atom. The van der Waals surface area contributed by atoms with E-state index >= 15 is 0 Å². The van der Waals surface area contributed by atoms with Gasteiger partial charge < -0.3 is 10.4 Å². The molecule has 1 aliphatic rings. The maximum Gasteiger partial charge on any atom is 0.260 e. The Balaban J connectivity index is 2.32. The number of hydrogen-bond acceptors (Lipinski definition) is 3. The maximum atomic E-state index is 13.1. The molecule has 2 rings (SSSR count). The third-order valence-corrected chi connectivity index (χ3v) is 5.63. The average Bonchev–Trinajstić information content (AvgIpc) is 3.42. The number of anilines is 1. The molecule has 0 saturated heterocycles. The molecule has 0 spiro atoms. The molecule has 1 aliphatic carbocycles. The van der Waals surface area contributed by atoms with Gasteiger partial charge in [-0.3, -0.25) is 4.79 Å². The Morgan fingerprint density at radius 1 is 1.44 bits per heavy atom. The van der Waals surface area contributed by atoms with Crippen molar-refractivity contribution < 1.29 is 18.7 Å². The molecule has 34 heavy (non-hydrogen) atoms. The number of hydrogen-bond donors (Lipinski definition) is 2. The van der Waals surface area contributed by atoms with Crippen LogP contribution in [0, 0.1) is 12.8 Å². The predicted octanol–water partition coefficient (Wildman–Crippen LogP) is 6.72. The van der Waals surface area contributed by atoms with Gasteiger partial charge in [-0.2, -0.15) is 0 Å². The fourth-order valence-corrected chi connectivity index (χ4v) is 3.51. The van der Waals surface area contributed by atoms with Crippen LogP contribution in [-0.2, 0) is 4.79 Å². The van der Waals surface area contributed by atoms with Crippen LogP contribution in [0.1, 0.15) is 51.2 Å². The Hall–Kier alpha value is -3.12. The smallest absolute Gasteiger partial charge is 0.260 e. The highest BCUT2D eigenvalue weighted by atomic mass is 19.3. The zero-order valence-electron chi connectivity index (χ0n) is 20.4. The van der Waals surface area contributed by atoms with E-state index in [1.54, 1.807) is 18.3 Å². The minimum absolute atomic E-state index is 0.253. The van der Waals surface area contributed by atoms with Crippen molar-refractivity contribution >= 4 is 17.8 Å². The van der Waals surface area contributed by atoms with Crippen LogP contribution < -0.4 is 5.32 Å². The number of aryl methyl sites for hydroxylation is 1. The van der Waals surface area contributed by atoms with Crippen LogP contribution >= 0.6 is 0 Å². The van der Waals surface area contributed by atoms with E-state index in [1.165, 1.54) is 0 Å². The molecule has 1 aromatic rings. The van der Waals surface area contributed by atoms with Crippen LogP contribution in [0.2, 0.25) is 0 Å². The van der Waals surface area contributed by atoms with Crippen LogP contribution in [0.5, 0.6) is 0 Å². The fourth-order valence-electron chi connectivity index (χ4n) is 3.51. The zero-order valence-corrected chi connectivity index (χ0v) is 20.4. The normalized spacial score (nSPS) is 19.1. The van der Waals surface area contributed by atoms with Gasteiger partial charge in [0.25, 0.3) is 5.92 Å². The number of aliphatic hydroxyl groups is 1. The molecule has 1 aromatic heterocycles. The zero-order chi connectivity index (χ0) is 25.5. The summed E-state index contributed by atoms with van der Waals surface area (Å²) in [6.45, 7) is 15.5. The number of nitrogens with zero attached hydrogens (tertiary/aromatic N) is 1. The van der Waals surface area contributed by atoms with Crippen molar-refractivity contribution in [3.05, 3.63) is 89.2 Å². The van der Waals surface area contributed by atoms with Crippen molar-refractivity contribution in [1.82, 2.24) is 4.98 Å². The van der Waals surface area contributed by atoms with Crippen LogP contribution in [0.15, 0.2) is 78.1 Å². The lowest BCUT2D eigenvalue weighted by atomic mass is 9.93. The van der Waals surface area contributed by atoms with Crippen molar-refractivity contribution in [1.29, 1.82) is 0 Å². The minimum Gasteiger partial charge on any atom is -0.388 e. The molecular weight excluding hydrogens is 434 g/mol. The second kappa shape index (κ2) is 11.8. The number of carbonyl (C=O) groups excluding carboxylic acids is 1. The number of carbonyl (C=O) groups is 1. The lowest BCUT2D eigenvalue weighted by Crippen LogP contribution is -2.18. The monoisotopic (exact) mass is 468 g/mol. The highest BCUT2D eigenvalue weighted by Crippen LogP contribution is 2.49. The summed E-state index contributed by atoms with van der Waals surface area (Å²) in [5, 5.41) is 12.7. The van der Waals surface area contributed by atoms with Gasteiger partial charge in [-0.15, -0.1) is 6.58 Å². The summed E-state index contributed by atoms with van der Waals surface area (Å²) < 4.78 is 26.3. The molecule has 0 radical (unpaired) electrons. The summed E-state index contributed by atoms with van der Waals surface area (Å²) in [6.07, 6.45) is 13.4. The molecule has 2 atom stereocenters. The summed E-state index contributed by atoms with van der Waals surface area (Å²) >= 11 is 0. The van der Waals surface area contributed by atoms with E-state index in [9.17, 15) is 18.7 Å². The molecule has 182 valence electrons. The van der Waals surface area contributed by atoms with Crippen LogP contribution in [0.4, 0.5) is 14.6 Å². The van der Waals surface area contributed by atoms with E-state index in [0.29, 0.717) is 12.0 Å². The average molecular weight is 469 g/mol. The van der Waals surface area contributed by atoms with Crippen LogP contribution in [0.3, 0.4) is 0 Å². The molecule has 0 aromatic carbocycles. The first kappa shape index (κ1) is 27.1. The Labute approximate surface area is 201 Å². The van der Waals surface area contributed by atoms with Gasteiger partial charge in [-0.05, 0) is 79.2 Å². The van der Waals surface area contributed by atoms with E-state index in [-0.39, 0.29) is 5.82 Å². The largest absolute Gasteiger partial charge is 0.388 e. The van der Waals surface area contributed by atoms with Crippen LogP contribution in [-0.4, -0.2) is 28.0 Å². The summed E-state index contributed by atoms with van der Waals surface area (Å²) in [6, 6.07) is 1.68. The summed E-state index contributed by atoms with van der Waals surface area (Å²) in [5.41, 5.74) is 5.16. The van der Waals surface area contributed by atoms with Crippen molar-refractivity contribution in [3.63, 3.8) is 0 Å². The number of aromatic nitrogens is 1. The third kappa shape index (κ3) is 7.19. The van der Waals surface area contributed by atoms with Gasteiger partial charge in [0.05, 0.1) is 6.10 Å². The molecular formula is C28H34F2N2O2. The lowest BCUT2D eigenvalue weighted by Gasteiger charge is -2.14. The highest BCUT2D eigenvalue weighted by Gasteiger charge is 2.61. The van der Waals surface area contributed by atoms with Crippen molar-refractivity contribution in [2.45, 2.75) is 59.0 Å². The van der Waals surface area contributed by atoms with Crippen molar-refractivity contribution in [2.24, 2.45) is 5.92 Å². The summed E-state index contributed by atoms with van der Waals surface area (Å²) in [7, 11) is 0. The van der Waals surface area contributed by atoms with Crippen LogP contribution in [0.25, 0.3) is 6.08 Å². The van der Waals surface area contributed by atoms with E-state index in [2.05, 4.69) is 29.5 Å². The van der Waals surface area contributed by atoms with Gasteiger partial charge in [-0.25, -0.2) is 13.8 Å². The van der Waals surface area contributed by atoms with E-state index in [4.69, 9.17) is 0 Å². The van der Waals surface area contributed by atoms with Gasteiger partial charge >= 0.3 is 0 Å². The topological polar surface area (TPSA) is 62.2 Å². The van der Waals surface area contributed by atoms with Gasteiger partial charge in [0.1, 0.15) is 11.7 Å². The maximum absolute atomic E-state index is 13.1. The predicted molar refractivity (Wildman–Crippen MR) is 136 cm³/mol. The second-order valence-electron chi connectivity index (χ2n) is 8.49. The van der Waals surface area contributed by atoms with Crippen molar-refractivity contribution in [2.75, 3.05) is 5.32 Å². The molecule has 6 heteroatoms. The summed E-state index contributed by atoms with van der Waals surface area (Å²) in [4.78, 5) is 16.2. The molecule has 0 bridgehead atoms. The molecule has 0 aliphatic heterocycles. The van der Waals surface area contributed by atoms with Gasteiger partial charge in [0.15, 0.2) is 0 Å². The fraction of sp³-hybridized carbons (Fsp3) is 0.357. The molecule has 2 unspecified atom stereocenters. The van der Waals surface area contributed by atoms with E-state index in [0.717, 1.165) is 34.3 Å². The van der Waals surface area contributed by atoms with Gasteiger partial charge in [-0.1, -0.05) is 43.9 Å². The second-order valence-corrected chi connectivity index (χ2v) is 8.49. The minimum atomic E-state index is -2.91. The first-order chi connectivity index (χ1) is 16.0. The number of halogens is 2. The van der Waals surface area contributed by atoms with E-state index < -0.39 is 30.3 Å². The SMILES string of the molecule is C=CCC(O)C(=C)\C=C(C)/C(=C\C)C(/C=C/CC)=C/c1cnc(NC(=O)C2CC2(F)F)cc1C. The molecule has 1 saturated carbocycles. The number of allylic oxidation sites excluding steroid dienone is 6. The van der Waals surface area contributed by atoms with Crippen molar-refractivity contribution in [3.8, 4) is 0 Å².